The van der Waals surface area contributed by atoms with E-state index >= 15 is 0 Å². The van der Waals surface area contributed by atoms with Crippen LogP contribution in [0.2, 0.25) is 0 Å². The maximum Gasteiger partial charge on any atom is 0.0719 e. The molecule has 5 heteroatoms. The first kappa shape index (κ1) is 12.6. The molecule has 18 heavy (non-hydrogen) atoms. The molecule has 96 valence electrons. The van der Waals surface area contributed by atoms with Crippen molar-refractivity contribution in [2.24, 2.45) is 0 Å². The van der Waals surface area contributed by atoms with Crippen molar-refractivity contribution in [1.29, 1.82) is 0 Å². The van der Waals surface area contributed by atoms with Crippen LogP contribution in [-0.4, -0.2) is 39.8 Å². The second-order valence-electron chi connectivity index (χ2n) is 4.41. The summed E-state index contributed by atoms with van der Waals surface area (Å²) in [4.78, 5) is 6.58. The highest BCUT2D eigenvalue weighted by Crippen LogP contribution is 1.99. The van der Waals surface area contributed by atoms with Crippen LogP contribution in [0.25, 0.3) is 0 Å². The Balaban J connectivity index is 1.71. The number of pyridine rings is 1. The normalized spacial score (nSPS) is 11.0. The van der Waals surface area contributed by atoms with Crippen molar-refractivity contribution in [3.63, 3.8) is 0 Å². The Morgan fingerprint density at radius 3 is 2.89 bits per heavy atom. The topological polar surface area (TPSA) is 60.0 Å². The lowest BCUT2D eigenvalue weighted by molar-refractivity contribution is 0.315. The first-order valence-corrected chi connectivity index (χ1v) is 6.10. The highest BCUT2D eigenvalue weighted by molar-refractivity contribution is 5.30. The molecule has 0 saturated heterocycles. The molecule has 0 fully saturated rings. The summed E-state index contributed by atoms with van der Waals surface area (Å²) in [6.07, 6.45) is 6.33. The van der Waals surface area contributed by atoms with Gasteiger partial charge in [-0.3, -0.25) is 9.67 Å². The Labute approximate surface area is 107 Å². The molecule has 0 amide bonds. The van der Waals surface area contributed by atoms with Gasteiger partial charge in [-0.1, -0.05) is 6.07 Å². The third kappa shape index (κ3) is 3.85. The van der Waals surface area contributed by atoms with E-state index in [4.69, 9.17) is 5.73 Å². The average Bonchev–Trinajstić information content (AvgIpc) is 2.81. The van der Waals surface area contributed by atoms with Crippen molar-refractivity contribution in [2.45, 2.75) is 13.0 Å². The maximum absolute atomic E-state index is 5.61. The maximum atomic E-state index is 5.61. The number of rotatable bonds is 6. The van der Waals surface area contributed by atoms with Crippen LogP contribution in [0, 0.1) is 0 Å². The summed E-state index contributed by atoms with van der Waals surface area (Å²) in [6, 6.07) is 6.02. The van der Waals surface area contributed by atoms with E-state index in [1.54, 1.807) is 6.20 Å². The van der Waals surface area contributed by atoms with Crippen LogP contribution in [0.3, 0.4) is 0 Å². The molecule has 5 nitrogen and oxygen atoms in total. The van der Waals surface area contributed by atoms with Gasteiger partial charge in [-0.2, -0.15) is 5.10 Å². The van der Waals surface area contributed by atoms with E-state index in [-0.39, 0.29) is 0 Å². The Morgan fingerprint density at radius 1 is 1.33 bits per heavy atom. The number of likely N-dealkylation sites (N-methyl/N-ethyl adjacent to an activating group) is 1. The van der Waals surface area contributed by atoms with E-state index in [9.17, 15) is 0 Å². The van der Waals surface area contributed by atoms with Crippen LogP contribution in [-0.2, 0) is 13.0 Å². The second-order valence-corrected chi connectivity index (χ2v) is 4.41. The molecule has 2 aromatic rings. The molecule has 0 atom stereocenters. The molecular formula is C13H19N5. The molecular weight excluding hydrogens is 226 g/mol. The van der Waals surface area contributed by atoms with Crippen LogP contribution in [0.4, 0.5) is 5.69 Å². The molecule has 0 saturated carbocycles. The van der Waals surface area contributed by atoms with Crippen molar-refractivity contribution in [2.75, 3.05) is 25.9 Å². The van der Waals surface area contributed by atoms with Gasteiger partial charge in [0.25, 0.3) is 0 Å². The number of aromatic nitrogens is 3. The standard InChI is InChI=1S/C13H19N5/c1-17(7-5-13-4-2-3-6-15-13)8-9-18-11-12(14)10-16-18/h2-4,6,10-11H,5,7-9,14H2,1H3. The van der Waals surface area contributed by atoms with E-state index in [0.717, 1.165) is 31.7 Å². The zero-order valence-corrected chi connectivity index (χ0v) is 10.7. The van der Waals surface area contributed by atoms with Gasteiger partial charge in [0, 0.05) is 37.6 Å². The van der Waals surface area contributed by atoms with Crippen molar-refractivity contribution < 1.29 is 0 Å². The van der Waals surface area contributed by atoms with Crippen molar-refractivity contribution >= 4 is 5.69 Å². The molecule has 0 radical (unpaired) electrons. The van der Waals surface area contributed by atoms with Gasteiger partial charge < -0.3 is 10.6 Å². The lowest BCUT2D eigenvalue weighted by Gasteiger charge is -2.16. The first-order chi connectivity index (χ1) is 8.74. The Bertz CT molecular complexity index is 465. The minimum atomic E-state index is 0.714. The molecule has 2 aromatic heterocycles. The van der Waals surface area contributed by atoms with Gasteiger partial charge in [0.15, 0.2) is 0 Å². The van der Waals surface area contributed by atoms with Crippen LogP contribution >= 0.6 is 0 Å². The Morgan fingerprint density at radius 2 is 2.22 bits per heavy atom. The number of anilines is 1. The quantitative estimate of drug-likeness (QED) is 0.826. The van der Waals surface area contributed by atoms with Crippen LogP contribution in [0.1, 0.15) is 5.69 Å². The summed E-state index contributed by atoms with van der Waals surface area (Å²) in [6.45, 7) is 2.80. The van der Waals surface area contributed by atoms with Gasteiger partial charge in [0.05, 0.1) is 18.4 Å². The van der Waals surface area contributed by atoms with E-state index < -0.39 is 0 Å². The van der Waals surface area contributed by atoms with Gasteiger partial charge in [-0.25, -0.2) is 0 Å². The molecule has 2 N–H and O–H groups in total. The molecule has 0 aliphatic carbocycles. The third-order valence-electron chi connectivity index (χ3n) is 2.84. The zero-order chi connectivity index (χ0) is 12.8. The van der Waals surface area contributed by atoms with Crippen molar-refractivity contribution in [1.82, 2.24) is 19.7 Å². The second kappa shape index (κ2) is 6.16. The molecule has 0 aliphatic heterocycles. The molecule has 0 spiro atoms. The fourth-order valence-electron chi connectivity index (χ4n) is 1.74. The van der Waals surface area contributed by atoms with Gasteiger partial charge in [-0.15, -0.1) is 0 Å². The highest BCUT2D eigenvalue weighted by atomic mass is 15.3. The Kier molecular flexibility index (Phi) is 4.30. The number of nitrogen functional groups attached to an aromatic ring is 1. The van der Waals surface area contributed by atoms with Crippen molar-refractivity contribution in [3.8, 4) is 0 Å². The minimum Gasteiger partial charge on any atom is -0.396 e. The smallest absolute Gasteiger partial charge is 0.0719 e. The summed E-state index contributed by atoms with van der Waals surface area (Å²) < 4.78 is 1.87. The molecule has 0 bridgehead atoms. The van der Waals surface area contributed by atoms with E-state index in [2.05, 4.69) is 28.1 Å². The first-order valence-electron chi connectivity index (χ1n) is 6.10. The summed E-state index contributed by atoms with van der Waals surface area (Å²) in [5.74, 6) is 0. The zero-order valence-electron chi connectivity index (χ0n) is 10.7. The van der Waals surface area contributed by atoms with E-state index in [1.807, 2.05) is 29.2 Å². The molecule has 0 unspecified atom stereocenters. The largest absolute Gasteiger partial charge is 0.396 e. The predicted molar refractivity (Wildman–Crippen MR) is 72.1 cm³/mol. The highest BCUT2D eigenvalue weighted by Gasteiger charge is 2.01. The minimum absolute atomic E-state index is 0.714. The summed E-state index contributed by atoms with van der Waals surface area (Å²) in [7, 11) is 2.11. The van der Waals surface area contributed by atoms with E-state index in [1.165, 1.54) is 0 Å². The molecule has 0 aromatic carbocycles. The lowest BCUT2D eigenvalue weighted by atomic mass is 10.2. The van der Waals surface area contributed by atoms with Crippen LogP contribution in [0.5, 0.6) is 0 Å². The van der Waals surface area contributed by atoms with Gasteiger partial charge >= 0.3 is 0 Å². The molecule has 2 heterocycles. The SMILES string of the molecule is CN(CCc1ccccn1)CCn1cc(N)cn1. The van der Waals surface area contributed by atoms with Gasteiger partial charge in [0.2, 0.25) is 0 Å². The van der Waals surface area contributed by atoms with Gasteiger partial charge in [0.1, 0.15) is 0 Å². The lowest BCUT2D eigenvalue weighted by Crippen LogP contribution is -2.25. The number of hydrogen-bond donors (Lipinski definition) is 1. The van der Waals surface area contributed by atoms with Crippen LogP contribution < -0.4 is 5.73 Å². The predicted octanol–water partition coefficient (Wildman–Crippen LogP) is 1.03. The number of hydrogen-bond acceptors (Lipinski definition) is 4. The van der Waals surface area contributed by atoms with E-state index in [0.29, 0.717) is 5.69 Å². The Hall–Kier alpha value is -1.88. The molecule has 2 rings (SSSR count). The monoisotopic (exact) mass is 245 g/mol. The summed E-state index contributed by atoms with van der Waals surface area (Å²) in [5, 5.41) is 4.16. The fourth-order valence-corrected chi connectivity index (χ4v) is 1.74. The summed E-state index contributed by atoms with van der Waals surface area (Å²) in [5.41, 5.74) is 7.46. The third-order valence-corrected chi connectivity index (χ3v) is 2.84. The van der Waals surface area contributed by atoms with Crippen molar-refractivity contribution in [3.05, 3.63) is 42.5 Å². The summed E-state index contributed by atoms with van der Waals surface area (Å²) >= 11 is 0. The van der Waals surface area contributed by atoms with Crippen LogP contribution in [0.15, 0.2) is 36.8 Å². The number of nitrogens with two attached hydrogens (primary N) is 1. The molecule has 0 aliphatic rings. The number of nitrogens with zero attached hydrogens (tertiary/aromatic N) is 4. The average molecular weight is 245 g/mol. The fraction of sp³-hybridized carbons (Fsp3) is 0.385. The van der Waals surface area contributed by atoms with Gasteiger partial charge in [-0.05, 0) is 19.2 Å².